The Balaban J connectivity index is 4.42. The molecule has 0 aliphatic rings. The lowest BCUT2D eigenvalue weighted by Crippen LogP contribution is -2.30. The van der Waals surface area contributed by atoms with Crippen molar-refractivity contribution in [2.45, 2.75) is 245 Å². The molecule has 0 spiro atoms. The zero-order valence-electron chi connectivity index (χ0n) is 43.2. The molecule has 0 amide bonds. The first-order chi connectivity index (χ1) is 32.6. The Morgan fingerprint density at radius 3 is 1.09 bits per heavy atom. The van der Waals surface area contributed by atoms with Crippen LogP contribution >= 0.6 is 0 Å². The first-order valence-electron chi connectivity index (χ1n) is 27.4. The second kappa shape index (κ2) is 55.9. The van der Waals surface area contributed by atoms with Gasteiger partial charge in [-0.05, 0) is 89.9 Å². The lowest BCUT2D eigenvalue weighted by atomic mass is 10.0. The summed E-state index contributed by atoms with van der Waals surface area (Å²) in [6, 6.07) is 0. The van der Waals surface area contributed by atoms with Crippen LogP contribution in [0.2, 0.25) is 0 Å². The van der Waals surface area contributed by atoms with Crippen LogP contribution in [0.4, 0.5) is 0 Å². The van der Waals surface area contributed by atoms with Gasteiger partial charge in [-0.3, -0.25) is 9.59 Å². The summed E-state index contributed by atoms with van der Waals surface area (Å²) in [7, 11) is 0. The third-order valence-corrected chi connectivity index (χ3v) is 11.3. The number of hydrogen-bond donors (Lipinski definition) is 0. The second-order valence-electron chi connectivity index (χ2n) is 17.7. The number of rotatable bonds is 49. The molecule has 5 heteroatoms. The van der Waals surface area contributed by atoms with E-state index in [0.717, 1.165) is 116 Å². The van der Waals surface area contributed by atoms with E-state index < -0.39 is 6.10 Å². The SMILES string of the molecule is CC/C=C\C/C=C\C/C=C\C/C=C\C/C=C\CCOCC(COC(=O)CCCCCC/C=C\C/C=C\C/C=C\C/C=C\CC)OC(=O)CCCCCCCCCCCCCCCCCCC. The zero-order valence-corrected chi connectivity index (χ0v) is 43.2. The van der Waals surface area contributed by atoms with Crippen molar-refractivity contribution in [3.63, 3.8) is 0 Å². The molecule has 0 aromatic carbocycles. The van der Waals surface area contributed by atoms with Crippen molar-refractivity contribution < 1.29 is 23.8 Å². The number of hydrogen-bond acceptors (Lipinski definition) is 5. The average Bonchev–Trinajstić information content (AvgIpc) is 3.32. The van der Waals surface area contributed by atoms with Gasteiger partial charge in [0.2, 0.25) is 0 Å². The largest absolute Gasteiger partial charge is 0.462 e. The molecule has 0 fully saturated rings. The predicted molar refractivity (Wildman–Crippen MR) is 288 cm³/mol. The first kappa shape index (κ1) is 62.6. The molecule has 0 saturated carbocycles. The fraction of sp³-hybridized carbons (Fsp3) is 0.672. The van der Waals surface area contributed by atoms with Gasteiger partial charge < -0.3 is 14.2 Å². The van der Waals surface area contributed by atoms with Crippen molar-refractivity contribution in [3.05, 3.63) is 109 Å². The molecular formula is C61H102O5. The molecule has 0 bridgehead atoms. The van der Waals surface area contributed by atoms with Gasteiger partial charge in [0.05, 0.1) is 13.2 Å². The molecule has 0 rings (SSSR count). The molecule has 0 aliphatic heterocycles. The van der Waals surface area contributed by atoms with E-state index >= 15 is 0 Å². The van der Waals surface area contributed by atoms with Crippen LogP contribution in [0.1, 0.15) is 239 Å². The highest BCUT2D eigenvalue weighted by Gasteiger charge is 2.17. The van der Waals surface area contributed by atoms with Crippen LogP contribution in [-0.4, -0.2) is 37.9 Å². The van der Waals surface area contributed by atoms with Gasteiger partial charge in [0.1, 0.15) is 6.61 Å². The maximum Gasteiger partial charge on any atom is 0.306 e. The third-order valence-electron chi connectivity index (χ3n) is 11.3. The molecule has 0 radical (unpaired) electrons. The van der Waals surface area contributed by atoms with Crippen molar-refractivity contribution in [1.82, 2.24) is 0 Å². The minimum absolute atomic E-state index is 0.0388. The van der Waals surface area contributed by atoms with Gasteiger partial charge in [0, 0.05) is 12.8 Å². The van der Waals surface area contributed by atoms with Gasteiger partial charge in [-0.25, -0.2) is 0 Å². The molecule has 0 N–H and O–H groups in total. The van der Waals surface area contributed by atoms with Crippen molar-refractivity contribution in [1.29, 1.82) is 0 Å². The summed E-state index contributed by atoms with van der Waals surface area (Å²) < 4.78 is 17.3. The highest BCUT2D eigenvalue weighted by atomic mass is 16.6. The van der Waals surface area contributed by atoms with Crippen LogP contribution in [-0.2, 0) is 23.8 Å². The first-order valence-corrected chi connectivity index (χ1v) is 27.4. The fourth-order valence-corrected chi connectivity index (χ4v) is 7.33. The topological polar surface area (TPSA) is 61.8 Å². The van der Waals surface area contributed by atoms with Crippen LogP contribution in [0.15, 0.2) is 109 Å². The molecule has 0 aromatic rings. The van der Waals surface area contributed by atoms with E-state index in [0.29, 0.717) is 19.4 Å². The molecular weight excluding hydrogens is 813 g/mol. The van der Waals surface area contributed by atoms with E-state index in [-0.39, 0.29) is 25.2 Å². The van der Waals surface area contributed by atoms with Crippen molar-refractivity contribution in [2.75, 3.05) is 19.8 Å². The molecule has 66 heavy (non-hydrogen) atoms. The number of unbranched alkanes of at least 4 members (excludes halogenated alkanes) is 20. The standard InChI is InChI=1S/C61H102O5/c1-4-7-10-13-16-19-22-25-28-31-33-36-39-42-45-48-51-54-60(62)65-58-59(57-64-56-53-50-47-44-41-38-35-30-27-24-21-18-15-12-9-6-3)66-61(63)55-52-49-46-43-40-37-34-32-29-26-23-20-17-14-11-8-5-2/h7,9-10,12,16,18-19,21,25,27-28,30,33,36,38,41,47,50,59H,4-6,8,11,13-15,17,20,22-24,26,29,31-32,34-35,37,39-40,42-46,48-49,51-58H2,1-3H3/b10-7-,12-9-,19-16-,21-18-,28-25-,30-27-,36-33-,41-38-,50-47-. The molecule has 5 nitrogen and oxygen atoms in total. The Labute approximate surface area is 408 Å². The zero-order chi connectivity index (χ0) is 47.7. The summed E-state index contributed by atoms with van der Waals surface area (Å²) in [4.78, 5) is 25.5. The van der Waals surface area contributed by atoms with Gasteiger partial charge in [-0.2, -0.15) is 0 Å². The summed E-state index contributed by atoms with van der Waals surface area (Å²) in [5.74, 6) is -0.464. The highest BCUT2D eigenvalue weighted by Crippen LogP contribution is 2.15. The molecule has 0 heterocycles. The van der Waals surface area contributed by atoms with Crippen molar-refractivity contribution in [2.24, 2.45) is 0 Å². The van der Waals surface area contributed by atoms with E-state index in [4.69, 9.17) is 14.2 Å². The Morgan fingerprint density at radius 2 is 0.682 bits per heavy atom. The van der Waals surface area contributed by atoms with Crippen LogP contribution in [0, 0.1) is 0 Å². The average molecular weight is 915 g/mol. The molecule has 1 unspecified atom stereocenters. The van der Waals surface area contributed by atoms with E-state index in [9.17, 15) is 9.59 Å². The van der Waals surface area contributed by atoms with Crippen molar-refractivity contribution >= 4 is 11.9 Å². The van der Waals surface area contributed by atoms with Crippen molar-refractivity contribution in [3.8, 4) is 0 Å². The van der Waals surface area contributed by atoms with Crippen LogP contribution in [0.3, 0.4) is 0 Å². The lowest BCUT2D eigenvalue weighted by molar-refractivity contribution is -0.162. The number of ether oxygens (including phenoxy) is 3. The highest BCUT2D eigenvalue weighted by molar-refractivity contribution is 5.70. The number of esters is 2. The summed E-state index contributed by atoms with van der Waals surface area (Å²) in [5, 5.41) is 0. The number of carbonyl (C=O) groups excluding carboxylic acids is 2. The van der Waals surface area contributed by atoms with Gasteiger partial charge in [-0.1, -0.05) is 246 Å². The van der Waals surface area contributed by atoms with E-state index in [1.165, 1.54) is 89.9 Å². The molecule has 1 atom stereocenters. The van der Waals surface area contributed by atoms with Crippen LogP contribution < -0.4 is 0 Å². The summed E-state index contributed by atoms with van der Waals surface area (Å²) >= 11 is 0. The van der Waals surface area contributed by atoms with E-state index in [1.807, 2.05) is 0 Å². The van der Waals surface area contributed by atoms with Gasteiger partial charge in [0.25, 0.3) is 0 Å². The van der Waals surface area contributed by atoms with Crippen LogP contribution in [0.25, 0.3) is 0 Å². The fourth-order valence-electron chi connectivity index (χ4n) is 7.33. The second-order valence-corrected chi connectivity index (χ2v) is 17.7. The monoisotopic (exact) mass is 915 g/mol. The normalized spacial score (nSPS) is 13.1. The van der Waals surface area contributed by atoms with Gasteiger partial charge in [0.15, 0.2) is 6.10 Å². The maximum atomic E-state index is 12.8. The number of carbonyl (C=O) groups is 2. The molecule has 0 aliphatic carbocycles. The Kier molecular flexibility index (Phi) is 53.0. The lowest BCUT2D eigenvalue weighted by Gasteiger charge is -2.18. The molecule has 376 valence electrons. The summed E-state index contributed by atoms with van der Waals surface area (Å²) in [5.41, 5.74) is 0. The Hall–Kier alpha value is -3.44. The Bertz CT molecular complexity index is 1310. The minimum atomic E-state index is -0.591. The van der Waals surface area contributed by atoms with Gasteiger partial charge >= 0.3 is 11.9 Å². The third kappa shape index (κ3) is 53.2. The molecule has 0 aromatic heterocycles. The van der Waals surface area contributed by atoms with Gasteiger partial charge in [-0.15, -0.1) is 0 Å². The van der Waals surface area contributed by atoms with Crippen LogP contribution in [0.5, 0.6) is 0 Å². The predicted octanol–water partition coefficient (Wildman–Crippen LogP) is 18.8. The minimum Gasteiger partial charge on any atom is -0.462 e. The van der Waals surface area contributed by atoms with E-state index in [1.54, 1.807) is 0 Å². The Morgan fingerprint density at radius 1 is 0.348 bits per heavy atom. The summed E-state index contributed by atoms with van der Waals surface area (Å²) in [6.45, 7) is 7.38. The smallest absolute Gasteiger partial charge is 0.306 e. The quantitative estimate of drug-likeness (QED) is 0.0346. The summed E-state index contributed by atoms with van der Waals surface area (Å²) in [6.07, 6.45) is 77.0. The number of allylic oxidation sites excluding steroid dienone is 17. The maximum absolute atomic E-state index is 12.8. The molecule has 0 saturated heterocycles. The van der Waals surface area contributed by atoms with E-state index in [2.05, 4.69) is 130 Å².